The van der Waals surface area contributed by atoms with Gasteiger partial charge in [0.2, 0.25) is 5.91 Å². The number of nitrogens with one attached hydrogen (secondary N) is 1. The molecule has 59 valence electrons. The quantitative estimate of drug-likeness (QED) is 0.595. The van der Waals surface area contributed by atoms with Gasteiger partial charge in [-0.3, -0.25) is 4.79 Å². The molecule has 0 saturated heterocycles. The Hall–Kier alpha value is -0.530. The molecule has 0 atom stereocenters. The van der Waals surface area contributed by atoms with Gasteiger partial charge in [0.05, 0.1) is 0 Å². The van der Waals surface area contributed by atoms with Gasteiger partial charge in [-0.2, -0.15) is 0 Å². The molecule has 0 bridgehead atoms. The van der Waals surface area contributed by atoms with Crippen LogP contribution in [0.2, 0.25) is 0 Å². The fourth-order valence-electron chi connectivity index (χ4n) is 0.484. The normalized spacial score (nSPS) is 10.0. The Bertz CT molecular complexity index is 99.4. The Morgan fingerprint density at radius 2 is 2.20 bits per heavy atom. The summed E-state index contributed by atoms with van der Waals surface area (Å²) in [5, 5.41) is 2.72. The molecule has 0 aromatic rings. The number of rotatable bonds is 4. The predicted octanol–water partition coefficient (Wildman–Crippen LogP) is 1.72. The molecule has 0 fully saturated rings. The highest BCUT2D eigenvalue weighted by Crippen LogP contribution is 1.93. The van der Waals surface area contributed by atoms with Crippen LogP contribution >= 0.6 is 0 Å². The molecule has 0 aromatic heterocycles. The molecule has 0 aromatic carbocycles. The molecule has 0 aliphatic carbocycles. The number of carbonyl (C=O) groups is 1. The lowest BCUT2D eigenvalue weighted by Gasteiger charge is -2.04. The van der Waals surface area contributed by atoms with Gasteiger partial charge in [-0.05, 0) is 6.42 Å². The molecule has 0 heterocycles. The highest BCUT2D eigenvalue weighted by molar-refractivity contribution is 5.78. The first-order valence-electron chi connectivity index (χ1n) is 3.80. The fraction of sp³-hybridized carbons (Fsp3) is 0.750. The maximum atomic E-state index is 10.9. The van der Waals surface area contributed by atoms with Crippen LogP contribution in [0.25, 0.3) is 0 Å². The molecule has 2 nitrogen and oxygen atoms in total. The van der Waals surface area contributed by atoms with Crippen LogP contribution in [0.1, 0.15) is 33.6 Å². The standard InChI is InChI=1S/C8H16NO/c1-4-5-6-9-8(10)7(2)3/h6-7H,4-5H2,1-3H3,(H,9,10). The first kappa shape index (κ1) is 9.47. The molecule has 0 spiro atoms. The molecule has 1 radical (unpaired) electrons. The number of amides is 1. The molecule has 10 heavy (non-hydrogen) atoms. The minimum absolute atomic E-state index is 0.0908. The summed E-state index contributed by atoms with van der Waals surface area (Å²) in [5.41, 5.74) is 0. The molecule has 0 unspecified atom stereocenters. The number of hydrogen-bond acceptors (Lipinski definition) is 1. The van der Waals surface area contributed by atoms with Crippen LogP contribution in [0.15, 0.2) is 0 Å². The van der Waals surface area contributed by atoms with Crippen LogP contribution in [-0.2, 0) is 4.79 Å². The number of unbranched alkanes of at least 4 members (excludes halogenated alkanes) is 1. The maximum Gasteiger partial charge on any atom is 0.222 e. The van der Waals surface area contributed by atoms with Crippen molar-refractivity contribution in [2.24, 2.45) is 5.92 Å². The monoisotopic (exact) mass is 142 g/mol. The van der Waals surface area contributed by atoms with Crippen LogP contribution < -0.4 is 5.32 Å². The third kappa shape index (κ3) is 4.36. The van der Waals surface area contributed by atoms with E-state index >= 15 is 0 Å². The summed E-state index contributed by atoms with van der Waals surface area (Å²) in [6.45, 7) is 7.67. The summed E-state index contributed by atoms with van der Waals surface area (Å²) in [6.07, 6.45) is 2.04. The van der Waals surface area contributed by atoms with Gasteiger partial charge in [0.25, 0.3) is 0 Å². The van der Waals surface area contributed by atoms with Crippen molar-refractivity contribution >= 4 is 5.91 Å². The van der Waals surface area contributed by atoms with E-state index in [9.17, 15) is 4.79 Å². The van der Waals surface area contributed by atoms with Gasteiger partial charge < -0.3 is 5.32 Å². The van der Waals surface area contributed by atoms with Crippen molar-refractivity contribution in [1.82, 2.24) is 5.32 Å². The van der Waals surface area contributed by atoms with E-state index in [1.165, 1.54) is 0 Å². The van der Waals surface area contributed by atoms with Gasteiger partial charge in [0, 0.05) is 12.5 Å². The zero-order chi connectivity index (χ0) is 7.98. The largest absolute Gasteiger partial charge is 0.351 e. The van der Waals surface area contributed by atoms with Crippen molar-refractivity contribution in [3.05, 3.63) is 6.54 Å². The molecule has 2 heteroatoms. The van der Waals surface area contributed by atoms with Gasteiger partial charge in [-0.15, -0.1) is 0 Å². The minimum atomic E-state index is 0.0908. The highest BCUT2D eigenvalue weighted by Gasteiger charge is 2.03. The third-order valence-electron chi connectivity index (χ3n) is 1.20. The molecule has 0 rings (SSSR count). The topological polar surface area (TPSA) is 29.1 Å². The summed E-state index contributed by atoms with van der Waals surface area (Å²) in [6, 6.07) is 0. The van der Waals surface area contributed by atoms with Crippen molar-refractivity contribution in [3.8, 4) is 0 Å². The Balaban J connectivity index is 3.22. The summed E-state index contributed by atoms with van der Waals surface area (Å²) in [5.74, 6) is 0.196. The lowest BCUT2D eigenvalue weighted by atomic mass is 10.2. The average Bonchev–Trinajstić information content (AvgIpc) is 1.88. The lowest BCUT2D eigenvalue weighted by molar-refractivity contribution is -0.123. The molecule has 0 aliphatic heterocycles. The van der Waals surface area contributed by atoms with E-state index in [2.05, 4.69) is 12.2 Å². The van der Waals surface area contributed by atoms with Gasteiger partial charge in [0.1, 0.15) is 0 Å². The summed E-state index contributed by atoms with van der Waals surface area (Å²) in [4.78, 5) is 10.9. The van der Waals surface area contributed by atoms with E-state index in [0.717, 1.165) is 12.8 Å². The first-order chi connectivity index (χ1) is 4.68. The van der Waals surface area contributed by atoms with E-state index in [4.69, 9.17) is 0 Å². The van der Waals surface area contributed by atoms with E-state index < -0.39 is 0 Å². The van der Waals surface area contributed by atoms with Gasteiger partial charge in [-0.25, -0.2) is 0 Å². The summed E-state index contributed by atoms with van der Waals surface area (Å²) in [7, 11) is 0. The van der Waals surface area contributed by atoms with Gasteiger partial charge in [0.15, 0.2) is 0 Å². The molecular weight excluding hydrogens is 126 g/mol. The lowest BCUT2D eigenvalue weighted by Crippen LogP contribution is -2.25. The molecular formula is C8H16NO. The van der Waals surface area contributed by atoms with Crippen molar-refractivity contribution < 1.29 is 4.79 Å². The van der Waals surface area contributed by atoms with Gasteiger partial charge >= 0.3 is 0 Å². The summed E-state index contributed by atoms with van der Waals surface area (Å²) < 4.78 is 0. The summed E-state index contributed by atoms with van der Waals surface area (Å²) >= 11 is 0. The third-order valence-corrected chi connectivity index (χ3v) is 1.20. The number of carbonyl (C=O) groups excluding carboxylic acids is 1. The van der Waals surface area contributed by atoms with E-state index in [1.807, 2.05) is 20.4 Å². The van der Waals surface area contributed by atoms with Crippen molar-refractivity contribution in [2.75, 3.05) is 0 Å². The second-order valence-corrected chi connectivity index (χ2v) is 2.66. The Morgan fingerprint density at radius 1 is 1.60 bits per heavy atom. The zero-order valence-electron chi connectivity index (χ0n) is 6.98. The van der Waals surface area contributed by atoms with Gasteiger partial charge in [-0.1, -0.05) is 27.2 Å². The highest BCUT2D eigenvalue weighted by atomic mass is 16.1. The van der Waals surface area contributed by atoms with Crippen molar-refractivity contribution in [1.29, 1.82) is 0 Å². The van der Waals surface area contributed by atoms with Crippen LogP contribution in [0.4, 0.5) is 0 Å². The minimum Gasteiger partial charge on any atom is -0.351 e. The molecule has 1 N–H and O–H groups in total. The Labute approximate surface area is 63.0 Å². The van der Waals surface area contributed by atoms with Crippen molar-refractivity contribution in [2.45, 2.75) is 33.6 Å². The SMILES string of the molecule is CCC[CH]NC(=O)C(C)C. The molecule has 1 amide bonds. The van der Waals surface area contributed by atoms with Crippen LogP contribution in [0.3, 0.4) is 0 Å². The second kappa shape index (κ2) is 5.27. The van der Waals surface area contributed by atoms with E-state index in [0.29, 0.717) is 0 Å². The van der Waals surface area contributed by atoms with Crippen molar-refractivity contribution in [3.63, 3.8) is 0 Å². The maximum absolute atomic E-state index is 10.9. The molecule has 0 aliphatic rings. The smallest absolute Gasteiger partial charge is 0.222 e. The fourth-order valence-corrected chi connectivity index (χ4v) is 0.484. The predicted molar refractivity (Wildman–Crippen MR) is 42.2 cm³/mol. The number of hydrogen-bond donors (Lipinski definition) is 1. The second-order valence-electron chi connectivity index (χ2n) is 2.66. The Kier molecular flexibility index (Phi) is 4.99. The van der Waals surface area contributed by atoms with E-state index in [1.54, 1.807) is 0 Å². The molecule has 0 saturated carbocycles. The average molecular weight is 142 g/mol. The van der Waals surface area contributed by atoms with E-state index in [-0.39, 0.29) is 11.8 Å². The van der Waals surface area contributed by atoms with Crippen LogP contribution in [-0.4, -0.2) is 5.91 Å². The Morgan fingerprint density at radius 3 is 2.60 bits per heavy atom. The zero-order valence-corrected chi connectivity index (χ0v) is 6.98. The first-order valence-corrected chi connectivity index (χ1v) is 3.80. The van der Waals surface area contributed by atoms with Crippen LogP contribution in [0.5, 0.6) is 0 Å². The van der Waals surface area contributed by atoms with Crippen LogP contribution in [0, 0.1) is 12.5 Å².